The van der Waals surface area contributed by atoms with E-state index in [2.05, 4.69) is 0 Å². The second-order valence-corrected chi connectivity index (χ2v) is 6.48. The van der Waals surface area contributed by atoms with Gasteiger partial charge in [-0.05, 0) is 37.5 Å². The number of carbonyl (C=O) groups excluding carboxylic acids is 1. The number of carbonyl (C=O) groups is 1. The molecule has 0 bridgehead atoms. The number of piperidine rings is 1. The summed E-state index contributed by atoms with van der Waals surface area (Å²) in [4.78, 5) is 13.7. The van der Waals surface area contributed by atoms with E-state index in [4.69, 9.17) is 16.7 Å². The van der Waals surface area contributed by atoms with Crippen LogP contribution in [0.5, 0.6) is 0 Å². The van der Waals surface area contributed by atoms with E-state index in [-0.39, 0.29) is 15.8 Å². The van der Waals surface area contributed by atoms with Crippen LogP contribution < -0.4 is 5.14 Å². The summed E-state index contributed by atoms with van der Waals surface area (Å²) >= 11 is 5.79. The summed E-state index contributed by atoms with van der Waals surface area (Å²) in [5.41, 5.74) is 0.301. The minimum Gasteiger partial charge on any atom is -0.339 e. The molecule has 0 spiro atoms. The summed E-state index contributed by atoms with van der Waals surface area (Å²) in [5, 5.41) is 5.09. The largest absolute Gasteiger partial charge is 0.339 e. The van der Waals surface area contributed by atoms with E-state index in [0.29, 0.717) is 18.7 Å². The van der Waals surface area contributed by atoms with Crippen LogP contribution in [0, 0.1) is 0 Å². The molecule has 1 aromatic carbocycles. The quantitative estimate of drug-likeness (QED) is 0.901. The van der Waals surface area contributed by atoms with Crippen LogP contribution in [0.25, 0.3) is 0 Å². The lowest BCUT2D eigenvalue weighted by Crippen LogP contribution is -2.35. The first-order valence-corrected chi connectivity index (χ1v) is 7.93. The zero-order valence-corrected chi connectivity index (χ0v) is 11.9. The molecule has 0 saturated carbocycles. The average Bonchev–Trinajstić information content (AvgIpc) is 2.38. The lowest BCUT2D eigenvalue weighted by Gasteiger charge is -2.26. The van der Waals surface area contributed by atoms with Gasteiger partial charge < -0.3 is 4.90 Å². The van der Waals surface area contributed by atoms with Gasteiger partial charge in [-0.1, -0.05) is 11.6 Å². The smallest absolute Gasteiger partial charge is 0.253 e. The molecule has 0 aliphatic carbocycles. The average molecular weight is 303 g/mol. The fraction of sp³-hybridized carbons (Fsp3) is 0.417. The fourth-order valence-corrected chi connectivity index (χ4v) is 3.21. The lowest BCUT2D eigenvalue weighted by atomic mass is 10.1. The molecule has 2 rings (SSSR count). The Balaban J connectivity index is 2.33. The van der Waals surface area contributed by atoms with Crippen molar-refractivity contribution in [1.29, 1.82) is 0 Å². The molecule has 104 valence electrons. The summed E-state index contributed by atoms with van der Waals surface area (Å²) < 4.78 is 22.7. The molecule has 7 heteroatoms. The third-order valence-electron chi connectivity index (χ3n) is 3.13. The van der Waals surface area contributed by atoms with E-state index in [1.54, 1.807) is 4.90 Å². The zero-order chi connectivity index (χ0) is 14.0. The van der Waals surface area contributed by atoms with E-state index < -0.39 is 10.0 Å². The summed E-state index contributed by atoms with van der Waals surface area (Å²) in [6.45, 7) is 1.40. The van der Waals surface area contributed by atoms with Crippen molar-refractivity contribution in [2.45, 2.75) is 24.2 Å². The maximum Gasteiger partial charge on any atom is 0.253 e. The van der Waals surface area contributed by atoms with Crippen molar-refractivity contribution in [2.24, 2.45) is 5.14 Å². The molecule has 0 atom stereocenters. The number of hydrogen-bond donors (Lipinski definition) is 1. The normalized spacial score (nSPS) is 16.4. The highest BCUT2D eigenvalue weighted by atomic mass is 35.5. The number of sulfonamides is 1. The van der Waals surface area contributed by atoms with Crippen molar-refractivity contribution in [1.82, 2.24) is 4.90 Å². The zero-order valence-electron chi connectivity index (χ0n) is 10.3. The minimum atomic E-state index is -3.92. The Hall–Kier alpha value is -1.11. The van der Waals surface area contributed by atoms with Gasteiger partial charge in [0.1, 0.15) is 4.90 Å². The van der Waals surface area contributed by atoms with Crippen molar-refractivity contribution in [3.05, 3.63) is 28.8 Å². The Morgan fingerprint density at radius 3 is 2.42 bits per heavy atom. The third kappa shape index (κ3) is 3.26. The topological polar surface area (TPSA) is 80.5 Å². The van der Waals surface area contributed by atoms with Gasteiger partial charge >= 0.3 is 0 Å². The van der Waals surface area contributed by atoms with Gasteiger partial charge in [0, 0.05) is 18.7 Å². The van der Waals surface area contributed by atoms with Crippen LogP contribution in [0.1, 0.15) is 29.6 Å². The number of rotatable bonds is 2. The molecule has 1 fully saturated rings. The van der Waals surface area contributed by atoms with Crippen LogP contribution in [0.2, 0.25) is 5.02 Å². The van der Waals surface area contributed by atoms with Gasteiger partial charge in [-0.3, -0.25) is 4.79 Å². The first kappa shape index (κ1) is 14.3. The number of likely N-dealkylation sites (tertiary alicyclic amines) is 1. The van der Waals surface area contributed by atoms with Crippen molar-refractivity contribution in [2.75, 3.05) is 13.1 Å². The van der Waals surface area contributed by atoms with Crippen molar-refractivity contribution in [3.8, 4) is 0 Å². The van der Waals surface area contributed by atoms with Gasteiger partial charge in [-0.2, -0.15) is 0 Å². The molecular formula is C12H15ClN2O3S. The Bertz CT molecular complexity index is 595. The molecule has 0 aromatic heterocycles. The van der Waals surface area contributed by atoms with Gasteiger partial charge in [0.2, 0.25) is 10.0 Å². The number of benzene rings is 1. The van der Waals surface area contributed by atoms with Crippen LogP contribution in [0.3, 0.4) is 0 Å². The number of amides is 1. The third-order valence-corrected chi connectivity index (χ3v) is 4.52. The maximum absolute atomic E-state index is 12.2. The standard InChI is InChI=1S/C12H15ClN2O3S/c13-10-5-4-9(8-11(10)19(14,17)18)12(16)15-6-2-1-3-7-15/h4-5,8H,1-3,6-7H2,(H2,14,17,18). The predicted molar refractivity (Wildman–Crippen MR) is 72.6 cm³/mol. The molecule has 0 radical (unpaired) electrons. The first-order chi connectivity index (χ1) is 8.89. The van der Waals surface area contributed by atoms with Crippen molar-refractivity contribution in [3.63, 3.8) is 0 Å². The second-order valence-electron chi connectivity index (χ2n) is 4.54. The molecule has 2 N–H and O–H groups in total. The second kappa shape index (κ2) is 5.48. The minimum absolute atomic E-state index is 0.0256. The molecule has 1 aliphatic heterocycles. The molecule has 1 heterocycles. The van der Waals surface area contributed by atoms with Crippen LogP contribution in [0.4, 0.5) is 0 Å². The van der Waals surface area contributed by atoms with Gasteiger partial charge in [-0.25, -0.2) is 13.6 Å². The molecule has 1 amide bonds. The number of halogens is 1. The molecule has 19 heavy (non-hydrogen) atoms. The number of nitrogens with zero attached hydrogens (tertiary/aromatic N) is 1. The summed E-state index contributed by atoms with van der Waals surface area (Å²) in [6.07, 6.45) is 3.07. The molecule has 1 aromatic rings. The van der Waals surface area contributed by atoms with Crippen LogP contribution in [-0.4, -0.2) is 32.3 Å². The highest BCUT2D eigenvalue weighted by Crippen LogP contribution is 2.23. The Labute approximate surface area is 117 Å². The Kier molecular flexibility index (Phi) is 4.13. The lowest BCUT2D eigenvalue weighted by molar-refractivity contribution is 0.0724. The highest BCUT2D eigenvalue weighted by molar-refractivity contribution is 7.89. The Morgan fingerprint density at radius 1 is 1.21 bits per heavy atom. The maximum atomic E-state index is 12.2. The Morgan fingerprint density at radius 2 is 1.84 bits per heavy atom. The van der Waals surface area contributed by atoms with Gasteiger partial charge in [0.25, 0.3) is 5.91 Å². The number of hydrogen-bond acceptors (Lipinski definition) is 3. The van der Waals surface area contributed by atoms with E-state index in [1.807, 2.05) is 0 Å². The SMILES string of the molecule is NS(=O)(=O)c1cc(C(=O)N2CCCCC2)ccc1Cl. The number of primary sulfonamides is 1. The summed E-state index contributed by atoms with van der Waals surface area (Å²) in [5.74, 6) is -0.179. The summed E-state index contributed by atoms with van der Waals surface area (Å²) in [7, 11) is -3.92. The molecular weight excluding hydrogens is 288 g/mol. The van der Waals surface area contributed by atoms with Crippen LogP contribution in [0.15, 0.2) is 23.1 Å². The first-order valence-electron chi connectivity index (χ1n) is 6.01. The monoisotopic (exact) mass is 302 g/mol. The molecule has 1 saturated heterocycles. The van der Waals surface area contributed by atoms with Gasteiger partial charge in [0.05, 0.1) is 5.02 Å². The summed E-state index contributed by atoms with van der Waals surface area (Å²) in [6, 6.07) is 4.15. The molecule has 0 unspecified atom stereocenters. The van der Waals surface area contributed by atoms with Crippen LogP contribution >= 0.6 is 11.6 Å². The van der Waals surface area contributed by atoms with Crippen LogP contribution in [-0.2, 0) is 10.0 Å². The molecule has 1 aliphatic rings. The van der Waals surface area contributed by atoms with Crippen molar-refractivity contribution >= 4 is 27.5 Å². The fourth-order valence-electron chi connectivity index (χ4n) is 2.13. The number of nitrogens with two attached hydrogens (primary N) is 1. The van der Waals surface area contributed by atoms with E-state index >= 15 is 0 Å². The highest BCUT2D eigenvalue weighted by Gasteiger charge is 2.21. The van der Waals surface area contributed by atoms with Crippen molar-refractivity contribution < 1.29 is 13.2 Å². The molecule has 5 nitrogen and oxygen atoms in total. The van der Waals surface area contributed by atoms with E-state index in [9.17, 15) is 13.2 Å². The predicted octanol–water partition coefficient (Wildman–Crippen LogP) is 1.61. The van der Waals surface area contributed by atoms with E-state index in [0.717, 1.165) is 19.3 Å². The van der Waals surface area contributed by atoms with E-state index in [1.165, 1.54) is 18.2 Å². The van der Waals surface area contributed by atoms with Gasteiger partial charge in [-0.15, -0.1) is 0 Å². The van der Waals surface area contributed by atoms with Gasteiger partial charge in [0.15, 0.2) is 0 Å².